The number of anilines is 2. The molecule has 0 atom stereocenters. The molecule has 3 amide bonds. The third kappa shape index (κ3) is 5.79. The summed E-state index contributed by atoms with van der Waals surface area (Å²) in [5.41, 5.74) is 1.13. The number of aryl methyl sites for hydroxylation is 1. The quantitative estimate of drug-likeness (QED) is 0.733. The van der Waals surface area contributed by atoms with E-state index < -0.39 is 5.91 Å². The lowest BCUT2D eigenvalue weighted by Crippen LogP contribution is -2.40. The zero-order valence-electron chi connectivity index (χ0n) is 17.8. The first-order valence-corrected chi connectivity index (χ1v) is 10.6. The molecule has 0 bridgehead atoms. The molecule has 0 aromatic carbocycles. The standard InChI is InChI=1S/C22H26ClN5O3/c1-13-4-10-18(20(25-13)22(31)27-19-11-7-16(23)12-24-19)26-21(30)15-5-8-17(9-6-15)28(3)14(2)29/h4,7,10-12,15,17H,5-6,8-9H2,1-3H3,(H,26,30)(H,24,27,31)/t15-,17-. The maximum absolute atomic E-state index is 12.9. The first-order valence-electron chi connectivity index (χ1n) is 10.2. The van der Waals surface area contributed by atoms with Crippen LogP contribution in [0.15, 0.2) is 30.5 Å². The second kappa shape index (κ2) is 9.87. The van der Waals surface area contributed by atoms with Crippen LogP contribution in [0.4, 0.5) is 11.5 Å². The number of carbonyl (C=O) groups excluding carboxylic acids is 3. The van der Waals surface area contributed by atoms with Gasteiger partial charge in [-0.3, -0.25) is 14.4 Å². The normalized spacial score (nSPS) is 18.2. The van der Waals surface area contributed by atoms with E-state index in [1.54, 1.807) is 50.1 Å². The van der Waals surface area contributed by atoms with Crippen LogP contribution in [0.5, 0.6) is 0 Å². The van der Waals surface area contributed by atoms with Gasteiger partial charge in [0.05, 0.1) is 10.7 Å². The fourth-order valence-corrected chi connectivity index (χ4v) is 3.78. The van der Waals surface area contributed by atoms with Crippen molar-refractivity contribution >= 4 is 40.8 Å². The van der Waals surface area contributed by atoms with Gasteiger partial charge in [0.15, 0.2) is 5.69 Å². The Morgan fingerprint density at radius 3 is 2.39 bits per heavy atom. The minimum absolute atomic E-state index is 0.0319. The van der Waals surface area contributed by atoms with Gasteiger partial charge >= 0.3 is 0 Å². The molecule has 1 aliphatic rings. The molecule has 9 heteroatoms. The topological polar surface area (TPSA) is 104 Å². The van der Waals surface area contributed by atoms with Gasteiger partial charge in [0.1, 0.15) is 5.82 Å². The van der Waals surface area contributed by atoms with Crippen LogP contribution in [0.25, 0.3) is 0 Å². The molecule has 0 unspecified atom stereocenters. The Hall–Kier alpha value is -3.00. The van der Waals surface area contributed by atoms with Crippen molar-refractivity contribution in [2.75, 3.05) is 17.7 Å². The van der Waals surface area contributed by atoms with E-state index in [0.717, 1.165) is 12.8 Å². The molecule has 0 aliphatic heterocycles. The van der Waals surface area contributed by atoms with Gasteiger partial charge in [-0.2, -0.15) is 0 Å². The van der Waals surface area contributed by atoms with Crippen molar-refractivity contribution in [1.29, 1.82) is 0 Å². The molecule has 0 radical (unpaired) electrons. The average molecular weight is 444 g/mol. The van der Waals surface area contributed by atoms with Gasteiger partial charge < -0.3 is 15.5 Å². The monoisotopic (exact) mass is 443 g/mol. The van der Waals surface area contributed by atoms with Crippen molar-refractivity contribution in [3.05, 3.63) is 46.9 Å². The first-order chi connectivity index (χ1) is 14.7. The number of nitrogens with one attached hydrogen (secondary N) is 2. The third-order valence-electron chi connectivity index (χ3n) is 5.59. The van der Waals surface area contributed by atoms with Crippen LogP contribution in [0.2, 0.25) is 5.02 Å². The van der Waals surface area contributed by atoms with Crippen LogP contribution in [0.1, 0.15) is 48.8 Å². The number of pyridine rings is 2. The summed E-state index contributed by atoms with van der Waals surface area (Å²) in [4.78, 5) is 47.3. The maximum Gasteiger partial charge on any atom is 0.277 e. The van der Waals surface area contributed by atoms with E-state index >= 15 is 0 Å². The lowest BCUT2D eigenvalue weighted by Gasteiger charge is -2.33. The van der Waals surface area contributed by atoms with Gasteiger partial charge in [-0.05, 0) is 56.9 Å². The second-order valence-electron chi connectivity index (χ2n) is 7.79. The predicted molar refractivity (Wildman–Crippen MR) is 119 cm³/mol. The van der Waals surface area contributed by atoms with E-state index in [1.807, 2.05) is 0 Å². The van der Waals surface area contributed by atoms with Gasteiger partial charge in [0.2, 0.25) is 11.8 Å². The van der Waals surface area contributed by atoms with Crippen molar-refractivity contribution in [3.63, 3.8) is 0 Å². The highest BCUT2D eigenvalue weighted by Crippen LogP contribution is 2.29. The minimum atomic E-state index is -0.472. The molecular weight excluding hydrogens is 418 g/mol. The Kier molecular flexibility index (Phi) is 7.22. The maximum atomic E-state index is 12.9. The number of rotatable bonds is 5. The number of hydrogen-bond donors (Lipinski definition) is 2. The molecule has 8 nitrogen and oxygen atoms in total. The molecule has 2 N–H and O–H groups in total. The molecule has 1 fully saturated rings. The smallest absolute Gasteiger partial charge is 0.277 e. The van der Waals surface area contributed by atoms with Gasteiger partial charge in [0.25, 0.3) is 5.91 Å². The van der Waals surface area contributed by atoms with Gasteiger partial charge in [-0.25, -0.2) is 9.97 Å². The van der Waals surface area contributed by atoms with Crippen LogP contribution in [-0.2, 0) is 9.59 Å². The summed E-state index contributed by atoms with van der Waals surface area (Å²) >= 11 is 5.83. The van der Waals surface area contributed by atoms with Crippen molar-refractivity contribution in [3.8, 4) is 0 Å². The highest BCUT2D eigenvalue weighted by atomic mass is 35.5. The highest BCUT2D eigenvalue weighted by Gasteiger charge is 2.29. The molecule has 0 saturated heterocycles. The second-order valence-corrected chi connectivity index (χ2v) is 8.23. The zero-order valence-corrected chi connectivity index (χ0v) is 18.6. The molecule has 164 valence electrons. The van der Waals surface area contributed by atoms with Crippen molar-refractivity contribution in [1.82, 2.24) is 14.9 Å². The first kappa shape index (κ1) is 22.7. The van der Waals surface area contributed by atoms with Crippen LogP contribution >= 0.6 is 11.6 Å². The summed E-state index contributed by atoms with van der Waals surface area (Å²) in [7, 11) is 1.80. The van der Waals surface area contributed by atoms with Crippen LogP contribution < -0.4 is 10.6 Å². The largest absolute Gasteiger partial charge is 0.343 e. The van der Waals surface area contributed by atoms with Crippen molar-refractivity contribution in [2.45, 2.75) is 45.6 Å². The third-order valence-corrected chi connectivity index (χ3v) is 5.81. The average Bonchev–Trinajstić information content (AvgIpc) is 2.76. The van der Waals surface area contributed by atoms with Crippen molar-refractivity contribution in [2.24, 2.45) is 5.92 Å². The number of halogens is 1. The molecule has 3 rings (SSSR count). The molecular formula is C22H26ClN5O3. The summed E-state index contributed by atoms with van der Waals surface area (Å²) in [6.45, 7) is 3.32. The van der Waals surface area contributed by atoms with Crippen molar-refractivity contribution < 1.29 is 14.4 Å². The Bertz CT molecular complexity index is 972. The fraction of sp³-hybridized carbons (Fsp3) is 0.409. The molecule has 2 aromatic rings. The van der Waals surface area contributed by atoms with Crippen LogP contribution in [0.3, 0.4) is 0 Å². The lowest BCUT2D eigenvalue weighted by molar-refractivity contribution is -0.130. The van der Waals surface area contributed by atoms with Gasteiger partial charge in [-0.1, -0.05) is 11.6 Å². The van der Waals surface area contributed by atoms with E-state index in [2.05, 4.69) is 20.6 Å². The van der Waals surface area contributed by atoms with Gasteiger partial charge in [-0.15, -0.1) is 0 Å². The zero-order chi connectivity index (χ0) is 22.5. The minimum Gasteiger partial charge on any atom is -0.343 e. The Balaban J connectivity index is 1.68. The molecule has 2 aromatic heterocycles. The molecule has 1 aliphatic carbocycles. The summed E-state index contributed by atoms with van der Waals surface area (Å²) in [6, 6.07) is 6.79. The van der Waals surface area contributed by atoms with Crippen LogP contribution in [0, 0.1) is 12.8 Å². The van der Waals surface area contributed by atoms with E-state index in [0.29, 0.717) is 35.1 Å². The molecule has 31 heavy (non-hydrogen) atoms. The Morgan fingerprint density at radius 2 is 1.77 bits per heavy atom. The summed E-state index contributed by atoms with van der Waals surface area (Å²) in [5.74, 6) is -0.423. The van der Waals surface area contributed by atoms with E-state index in [4.69, 9.17) is 11.6 Å². The number of carbonyl (C=O) groups is 3. The lowest BCUT2D eigenvalue weighted by atomic mass is 9.85. The number of aromatic nitrogens is 2. The predicted octanol–water partition coefficient (Wildman–Crippen LogP) is 3.67. The summed E-state index contributed by atoms with van der Waals surface area (Å²) in [6.07, 6.45) is 4.35. The molecule has 2 heterocycles. The van der Waals surface area contributed by atoms with Gasteiger partial charge in [0, 0.05) is 37.8 Å². The highest BCUT2D eigenvalue weighted by molar-refractivity contribution is 6.30. The summed E-state index contributed by atoms with van der Waals surface area (Å²) < 4.78 is 0. The fourth-order valence-electron chi connectivity index (χ4n) is 3.67. The molecule has 0 spiro atoms. The Labute approximate surface area is 186 Å². The summed E-state index contributed by atoms with van der Waals surface area (Å²) in [5, 5.41) is 6.00. The van der Waals surface area contributed by atoms with E-state index in [-0.39, 0.29) is 29.5 Å². The van der Waals surface area contributed by atoms with Crippen LogP contribution in [-0.4, -0.2) is 45.7 Å². The number of nitrogens with zero attached hydrogens (tertiary/aromatic N) is 3. The Morgan fingerprint density at radius 1 is 1.06 bits per heavy atom. The SMILES string of the molecule is CC(=O)N(C)[C@H]1CC[C@H](C(=O)Nc2ccc(C)nc2C(=O)Nc2ccc(Cl)cn2)CC1. The van der Waals surface area contributed by atoms with E-state index in [1.165, 1.54) is 6.20 Å². The number of amides is 3. The molecule has 1 saturated carbocycles. The van der Waals surface area contributed by atoms with E-state index in [9.17, 15) is 14.4 Å². The number of hydrogen-bond acceptors (Lipinski definition) is 5.